The van der Waals surface area contributed by atoms with Gasteiger partial charge in [-0.1, -0.05) is 6.07 Å². The summed E-state index contributed by atoms with van der Waals surface area (Å²) in [6, 6.07) is 13.3. The fourth-order valence-corrected chi connectivity index (χ4v) is 4.18. The van der Waals surface area contributed by atoms with Crippen molar-refractivity contribution in [3.05, 3.63) is 70.4 Å². The maximum Gasteiger partial charge on any atom is 0.263 e. The molecule has 0 aliphatic carbocycles. The van der Waals surface area contributed by atoms with Crippen molar-refractivity contribution in [2.24, 2.45) is 5.92 Å². The number of rotatable bonds is 5. The van der Waals surface area contributed by atoms with E-state index in [0.717, 1.165) is 18.4 Å². The summed E-state index contributed by atoms with van der Waals surface area (Å²) in [5.74, 6) is 0.645. The number of hydrogen-bond acceptors (Lipinski definition) is 4. The number of piperidine rings is 1. The fraction of sp³-hybridized carbons (Fsp3) is 0.273. The lowest BCUT2D eigenvalue weighted by molar-refractivity contribution is -0.126. The molecule has 0 spiro atoms. The number of benzene rings is 1. The molecule has 1 unspecified atom stereocenters. The van der Waals surface area contributed by atoms with Gasteiger partial charge < -0.3 is 14.6 Å². The molecule has 1 aliphatic heterocycles. The molecule has 1 aromatic carbocycles. The number of likely N-dealkylation sites (tertiary alicyclic amines) is 1. The third kappa shape index (κ3) is 4.56. The van der Waals surface area contributed by atoms with E-state index in [2.05, 4.69) is 5.32 Å². The molecule has 150 valence electrons. The Morgan fingerprint density at radius 2 is 2.00 bits per heavy atom. The van der Waals surface area contributed by atoms with E-state index in [9.17, 15) is 14.0 Å². The maximum atomic E-state index is 13.0. The summed E-state index contributed by atoms with van der Waals surface area (Å²) in [5, 5.41) is 4.79. The molecular formula is C22H21FN2O3S. The van der Waals surface area contributed by atoms with E-state index in [1.54, 1.807) is 29.2 Å². The lowest BCUT2D eigenvalue weighted by Gasteiger charge is -2.31. The van der Waals surface area contributed by atoms with Crippen molar-refractivity contribution < 1.29 is 18.4 Å². The molecule has 2 aromatic heterocycles. The highest BCUT2D eigenvalue weighted by Crippen LogP contribution is 2.23. The first-order valence-electron chi connectivity index (χ1n) is 9.55. The highest BCUT2D eigenvalue weighted by atomic mass is 32.1. The van der Waals surface area contributed by atoms with Crippen LogP contribution < -0.4 is 5.32 Å². The van der Waals surface area contributed by atoms with E-state index < -0.39 is 0 Å². The number of halogens is 1. The second-order valence-electron chi connectivity index (χ2n) is 7.06. The number of furan rings is 1. The number of nitrogens with one attached hydrogen (secondary N) is 1. The molecule has 3 aromatic rings. The Labute approximate surface area is 172 Å². The highest BCUT2D eigenvalue weighted by molar-refractivity contribution is 7.12. The van der Waals surface area contributed by atoms with Crippen molar-refractivity contribution in [3.63, 3.8) is 0 Å². The van der Waals surface area contributed by atoms with Crippen LogP contribution in [0.1, 0.15) is 28.3 Å². The average Bonchev–Trinajstić information content (AvgIpc) is 3.44. The van der Waals surface area contributed by atoms with Crippen LogP contribution in [0.25, 0.3) is 11.3 Å². The summed E-state index contributed by atoms with van der Waals surface area (Å²) < 4.78 is 18.8. The molecule has 1 N–H and O–H groups in total. The van der Waals surface area contributed by atoms with Gasteiger partial charge in [-0.2, -0.15) is 0 Å². The van der Waals surface area contributed by atoms with Gasteiger partial charge in [-0.25, -0.2) is 4.39 Å². The van der Waals surface area contributed by atoms with E-state index >= 15 is 0 Å². The lowest BCUT2D eigenvalue weighted by Crippen LogP contribution is -2.45. The first kappa shape index (κ1) is 19.4. The molecule has 0 bridgehead atoms. The Bertz CT molecular complexity index is 982. The van der Waals surface area contributed by atoms with Crippen LogP contribution in [0.2, 0.25) is 0 Å². The predicted molar refractivity (Wildman–Crippen MR) is 109 cm³/mol. The zero-order valence-electron chi connectivity index (χ0n) is 15.8. The van der Waals surface area contributed by atoms with Crippen molar-refractivity contribution in [3.8, 4) is 11.3 Å². The Kier molecular flexibility index (Phi) is 5.76. The second-order valence-corrected chi connectivity index (χ2v) is 8.01. The van der Waals surface area contributed by atoms with Gasteiger partial charge >= 0.3 is 0 Å². The lowest BCUT2D eigenvalue weighted by atomic mass is 9.97. The number of amides is 2. The number of nitrogens with zero attached hydrogens (tertiary/aromatic N) is 1. The Hall–Kier alpha value is -2.93. The van der Waals surface area contributed by atoms with Crippen molar-refractivity contribution in [2.75, 3.05) is 13.1 Å². The largest absolute Gasteiger partial charge is 0.459 e. The van der Waals surface area contributed by atoms with Crippen LogP contribution >= 0.6 is 11.3 Å². The smallest absolute Gasteiger partial charge is 0.263 e. The van der Waals surface area contributed by atoms with Crippen LogP contribution in [-0.2, 0) is 11.3 Å². The second kappa shape index (κ2) is 8.61. The molecule has 0 saturated carbocycles. The van der Waals surface area contributed by atoms with Crippen LogP contribution in [0.15, 0.2) is 58.3 Å². The van der Waals surface area contributed by atoms with Gasteiger partial charge in [0.1, 0.15) is 17.3 Å². The average molecular weight is 412 g/mol. The van der Waals surface area contributed by atoms with E-state index in [1.165, 1.54) is 23.5 Å². The van der Waals surface area contributed by atoms with Gasteiger partial charge in [0.15, 0.2) is 0 Å². The number of carbonyl (C=O) groups excluding carboxylic acids is 2. The maximum absolute atomic E-state index is 13.0. The Morgan fingerprint density at radius 3 is 2.76 bits per heavy atom. The van der Waals surface area contributed by atoms with Gasteiger partial charge in [0.25, 0.3) is 5.91 Å². The zero-order chi connectivity index (χ0) is 20.2. The van der Waals surface area contributed by atoms with Crippen molar-refractivity contribution >= 4 is 23.2 Å². The summed E-state index contributed by atoms with van der Waals surface area (Å²) in [6.45, 7) is 1.39. The van der Waals surface area contributed by atoms with Gasteiger partial charge in [0.2, 0.25) is 5.91 Å². The molecular weight excluding hydrogens is 391 g/mol. The molecule has 7 heteroatoms. The topological polar surface area (TPSA) is 62.6 Å². The summed E-state index contributed by atoms with van der Waals surface area (Å²) in [4.78, 5) is 27.6. The summed E-state index contributed by atoms with van der Waals surface area (Å²) in [6.07, 6.45) is 1.57. The van der Waals surface area contributed by atoms with E-state index in [-0.39, 0.29) is 30.1 Å². The van der Waals surface area contributed by atoms with Crippen LogP contribution in [0.5, 0.6) is 0 Å². The Morgan fingerprint density at radius 1 is 1.17 bits per heavy atom. The summed E-state index contributed by atoms with van der Waals surface area (Å²) >= 11 is 1.42. The molecule has 3 heterocycles. The van der Waals surface area contributed by atoms with Gasteiger partial charge in [0, 0.05) is 18.7 Å². The number of carbonyl (C=O) groups is 2. The molecule has 5 nitrogen and oxygen atoms in total. The Balaban J connectivity index is 1.32. The molecule has 0 radical (unpaired) electrons. The van der Waals surface area contributed by atoms with Crippen LogP contribution in [0, 0.1) is 11.7 Å². The predicted octanol–water partition coefficient (Wildman–Crippen LogP) is 4.32. The molecule has 1 atom stereocenters. The van der Waals surface area contributed by atoms with Gasteiger partial charge in [0.05, 0.1) is 17.3 Å². The fourth-order valence-electron chi connectivity index (χ4n) is 3.49. The number of thiophene rings is 1. The number of hydrogen-bond donors (Lipinski definition) is 1. The van der Waals surface area contributed by atoms with Gasteiger partial charge in [-0.05, 0) is 60.7 Å². The monoisotopic (exact) mass is 412 g/mol. The van der Waals surface area contributed by atoms with E-state index in [1.807, 2.05) is 17.5 Å². The normalized spacial score (nSPS) is 16.6. The van der Waals surface area contributed by atoms with E-state index in [4.69, 9.17) is 4.42 Å². The minimum absolute atomic E-state index is 0.00697. The summed E-state index contributed by atoms with van der Waals surface area (Å²) in [5.41, 5.74) is 0.777. The van der Waals surface area contributed by atoms with E-state index in [0.29, 0.717) is 29.5 Å². The highest BCUT2D eigenvalue weighted by Gasteiger charge is 2.29. The van der Waals surface area contributed by atoms with Crippen LogP contribution in [-0.4, -0.2) is 29.8 Å². The first-order chi connectivity index (χ1) is 14.1. The molecule has 1 aliphatic rings. The third-order valence-electron chi connectivity index (χ3n) is 5.04. The van der Waals surface area contributed by atoms with Crippen molar-refractivity contribution in [2.45, 2.75) is 19.4 Å². The minimum atomic E-state index is -0.299. The molecule has 29 heavy (non-hydrogen) atoms. The molecule has 1 saturated heterocycles. The van der Waals surface area contributed by atoms with Crippen LogP contribution in [0.4, 0.5) is 4.39 Å². The molecule has 2 amide bonds. The van der Waals surface area contributed by atoms with Gasteiger partial charge in [-0.15, -0.1) is 11.3 Å². The molecule has 4 rings (SSSR count). The quantitative estimate of drug-likeness (QED) is 0.679. The standard InChI is InChI=1S/C22H21FN2O3S/c23-17-7-5-15(6-8-17)19-10-9-18(28-19)13-24-21(26)16-3-1-11-25(14-16)22(27)20-4-2-12-29-20/h2,4-10,12,16H,1,3,11,13-14H2,(H,24,26). The SMILES string of the molecule is O=C(NCc1ccc(-c2ccc(F)cc2)o1)C1CCCN(C(=O)c2cccs2)C1. The van der Waals surface area contributed by atoms with Crippen molar-refractivity contribution in [1.29, 1.82) is 0 Å². The first-order valence-corrected chi connectivity index (χ1v) is 10.4. The minimum Gasteiger partial charge on any atom is -0.459 e. The third-order valence-corrected chi connectivity index (χ3v) is 5.90. The summed E-state index contributed by atoms with van der Waals surface area (Å²) in [7, 11) is 0. The van der Waals surface area contributed by atoms with Gasteiger partial charge in [-0.3, -0.25) is 9.59 Å². The zero-order valence-corrected chi connectivity index (χ0v) is 16.6. The van der Waals surface area contributed by atoms with Crippen LogP contribution in [0.3, 0.4) is 0 Å². The molecule has 1 fully saturated rings. The van der Waals surface area contributed by atoms with Crippen molar-refractivity contribution in [1.82, 2.24) is 10.2 Å².